The predicted molar refractivity (Wildman–Crippen MR) is 55.2 cm³/mol. The Morgan fingerprint density at radius 2 is 2.31 bits per heavy atom. The van der Waals surface area contributed by atoms with Crippen LogP contribution in [0.5, 0.6) is 0 Å². The summed E-state index contributed by atoms with van der Waals surface area (Å²) < 4.78 is 0. The molecule has 0 aliphatic heterocycles. The molecule has 2 heteroatoms. The van der Waals surface area contributed by atoms with Gasteiger partial charge < -0.3 is 0 Å². The Kier molecular flexibility index (Phi) is 3.71. The third-order valence-corrected chi connectivity index (χ3v) is 1.96. The monoisotopic (exact) mass is 194 g/mol. The maximum atomic E-state index is 11.4. The Bertz CT molecular complexity index is 318. The van der Waals surface area contributed by atoms with E-state index in [2.05, 4.69) is 6.58 Å². The van der Waals surface area contributed by atoms with Gasteiger partial charge in [0.05, 0.1) is 0 Å². The zero-order valence-electron chi connectivity index (χ0n) is 7.29. The van der Waals surface area contributed by atoms with E-state index in [0.717, 1.165) is 0 Å². The molecule has 1 aromatic carbocycles. The molecule has 13 heavy (non-hydrogen) atoms. The molecule has 1 aromatic rings. The predicted octanol–water partition coefficient (Wildman–Crippen LogP) is 3.49. The smallest absolute Gasteiger partial charge is 0.163 e. The summed E-state index contributed by atoms with van der Waals surface area (Å²) in [4.78, 5) is 11.4. The molecule has 1 rings (SSSR count). The number of carbonyl (C=O) groups is 1. The molecule has 0 saturated heterocycles. The van der Waals surface area contributed by atoms with Gasteiger partial charge in [0.25, 0.3) is 0 Å². The molecule has 0 aromatic heterocycles. The van der Waals surface area contributed by atoms with Crippen LogP contribution in [0.25, 0.3) is 0 Å². The van der Waals surface area contributed by atoms with Crippen LogP contribution in [0, 0.1) is 0 Å². The molecule has 0 amide bonds. The Balaban J connectivity index is 2.71. The van der Waals surface area contributed by atoms with Crippen LogP contribution in [0.1, 0.15) is 23.2 Å². The Morgan fingerprint density at radius 3 is 2.92 bits per heavy atom. The van der Waals surface area contributed by atoms with Crippen LogP contribution in [0.15, 0.2) is 36.9 Å². The number of ketones is 1. The minimum Gasteiger partial charge on any atom is -0.294 e. The highest BCUT2D eigenvalue weighted by Gasteiger charge is 2.03. The van der Waals surface area contributed by atoms with Gasteiger partial charge >= 0.3 is 0 Å². The van der Waals surface area contributed by atoms with Crippen LogP contribution < -0.4 is 0 Å². The minimum atomic E-state index is 0.113. The highest BCUT2D eigenvalue weighted by molar-refractivity contribution is 6.31. The summed E-state index contributed by atoms with van der Waals surface area (Å²) in [6.45, 7) is 3.57. The van der Waals surface area contributed by atoms with E-state index in [1.54, 1.807) is 30.3 Å². The van der Waals surface area contributed by atoms with Crippen molar-refractivity contribution in [3.8, 4) is 0 Å². The van der Waals surface area contributed by atoms with Crippen LogP contribution in [0.3, 0.4) is 0 Å². The fourth-order valence-electron chi connectivity index (χ4n) is 1.04. The average molecular weight is 195 g/mol. The number of Topliss-reactive ketones (excluding diaryl/α,β-unsaturated/α-hetero) is 1. The van der Waals surface area contributed by atoms with Crippen molar-refractivity contribution < 1.29 is 4.79 Å². The normalized spacial score (nSPS) is 9.62. The molecule has 0 saturated carbocycles. The lowest BCUT2D eigenvalue weighted by atomic mass is 10.1. The first-order chi connectivity index (χ1) is 6.24. The van der Waals surface area contributed by atoms with Crippen molar-refractivity contribution in [3.05, 3.63) is 47.5 Å². The molecule has 0 aliphatic carbocycles. The van der Waals surface area contributed by atoms with E-state index in [0.29, 0.717) is 23.4 Å². The largest absolute Gasteiger partial charge is 0.294 e. The van der Waals surface area contributed by atoms with E-state index in [9.17, 15) is 4.79 Å². The van der Waals surface area contributed by atoms with Gasteiger partial charge in [0.1, 0.15) is 0 Å². The molecular weight excluding hydrogens is 184 g/mol. The lowest BCUT2D eigenvalue weighted by Gasteiger charge is -1.98. The van der Waals surface area contributed by atoms with Gasteiger partial charge in [0.2, 0.25) is 0 Å². The lowest BCUT2D eigenvalue weighted by Crippen LogP contribution is -1.97. The van der Waals surface area contributed by atoms with Crippen LogP contribution >= 0.6 is 11.6 Å². The lowest BCUT2D eigenvalue weighted by molar-refractivity contribution is 0.0983. The molecule has 1 nitrogen and oxygen atoms in total. The van der Waals surface area contributed by atoms with Crippen molar-refractivity contribution in [2.24, 2.45) is 0 Å². The van der Waals surface area contributed by atoms with Gasteiger partial charge in [-0.15, -0.1) is 6.58 Å². The molecule has 0 bridgehead atoms. The number of halogens is 1. The molecule has 0 N–H and O–H groups in total. The van der Waals surface area contributed by atoms with Crippen molar-refractivity contribution in [1.82, 2.24) is 0 Å². The maximum absolute atomic E-state index is 11.4. The molecule has 0 unspecified atom stereocenters. The number of allylic oxidation sites excluding steroid dienone is 1. The van der Waals surface area contributed by atoms with E-state index in [1.165, 1.54) is 0 Å². The van der Waals surface area contributed by atoms with E-state index in [-0.39, 0.29) is 5.78 Å². The van der Waals surface area contributed by atoms with Crippen molar-refractivity contribution >= 4 is 17.4 Å². The highest BCUT2D eigenvalue weighted by Crippen LogP contribution is 2.12. The first kappa shape index (κ1) is 10.0. The van der Waals surface area contributed by atoms with Crippen molar-refractivity contribution in [3.63, 3.8) is 0 Å². The number of carbonyl (C=O) groups excluding carboxylic acids is 1. The fraction of sp³-hybridized carbons (Fsp3) is 0.182. The average Bonchev–Trinajstić information content (AvgIpc) is 2.14. The summed E-state index contributed by atoms with van der Waals surface area (Å²) in [6.07, 6.45) is 2.96. The minimum absolute atomic E-state index is 0.113. The highest BCUT2D eigenvalue weighted by atomic mass is 35.5. The molecule has 0 spiro atoms. The Morgan fingerprint density at radius 1 is 1.54 bits per heavy atom. The molecule has 0 heterocycles. The van der Waals surface area contributed by atoms with Crippen LogP contribution in [0.2, 0.25) is 5.02 Å². The Hall–Kier alpha value is -1.08. The van der Waals surface area contributed by atoms with Gasteiger partial charge in [-0.3, -0.25) is 4.79 Å². The summed E-state index contributed by atoms with van der Waals surface area (Å²) in [5, 5.41) is 0.601. The fourth-order valence-corrected chi connectivity index (χ4v) is 1.23. The van der Waals surface area contributed by atoms with Gasteiger partial charge in [0.15, 0.2) is 5.78 Å². The van der Waals surface area contributed by atoms with Crippen molar-refractivity contribution in [2.75, 3.05) is 0 Å². The molecule has 0 atom stereocenters. The van der Waals surface area contributed by atoms with Crippen LogP contribution in [-0.4, -0.2) is 5.78 Å². The molecule has 68 valence electrons. The molecule has 0 fully saturated rings. The van der Waals surface area contributed by atoms with Crippen LogP contribution in [0.4, 0.5) is 0 Å². The van der Waals surface area contributed by atoms with E-state index in [4.69, 9.17) is 11.6 Å². The number of hydrogen-bond donors (Lipinski definition) is 0. The Labute approximate surface area is 83.0 Å². The maximum Gasteiger partial charge on any atom is 0.163 e. The van der Waals surface area contributed by atoms with Gasteiger partial charge in [-0.1, -0.05) is 29.8 Å². The van der Waals surface area contributed by atoms with Crippen molar-refractivity contribution in [1.29, 1.82) is 0 Å². The van der Waals surface area contributed by atoms with E-state index < -0.39 is 0 Å². The summed E-state index contributed by atoms with van der Waals surface area (Å²) in [6, 6.07) is 7.00. The molecule has 0 radical (unpaired) electrons. The number of rotatable bonds is 4. The van der Waals surface area contributed by atoms with E-state index in [1.807, 2.05) is 0 Å². The molecular formula is C11H11ClO. The quantitative estimate of drug-likeness (QED) is 0.530. The summed E-state index contributed by atoms with van der Waals surface area (Å²) in [5.41, 5.74) is 0.675. The van der Waals surface area contributed by atoms with E-state index >= 15 is 0 Å². The number of benzene rings is 1. The van der Waals surface area contributed by atoms with Crippen molar-refractivity contribution in [2.45, 2.75) is 12.8 Å². The molecule has 0 aliphatic rings. The standard InChI is InChI=1S/C11H11ClO/c1-2-3-7-11(13)9-5-4-6-10(12)8-9/h2,4-6,8H,1,3,7H2. The third-order valence-electron chi connectivity index (χ3n) is 1.72. The van der Waals surface area contributed by atoms with Gasteiger partial charge in [-0.05, 0) is 18.6 Å². The van der Waals surface area contributed by atoms with Gasteiger partial charge in [0, 0.05) is 17.0 Å². The number of hydrogen-bond acceptors (Lipinski definition) is 1. The van der Waals surface area contributed by atoms with Gasteiger partial charge in [-0.25, -0.2) is 0 Å². The first-order valence-electron chi connectivity index (χ1n) is 4.13. The second-order valence-corrected chi connectivity index (χ2v) is 3.20. The third kappa shape index (κ3) is 3.03. The second-order valence-electron chi connectivity index (χ2n) is 2.76. The summed E-state index contributed by atoms with van der Waals surface area (Å²) >= 11 is 5.75. The van der Waals surface area contributed by atoms with Gasteiger partial charge in [-0.2, -0.15) is 0 Å². The van der Waals surface area contributed by atoms with Crippen LogP contribution in [-0.2, 0) is 0 Å². The second kappa shape index (κ2) is 4.83. The topological polar surface area (TPSA) is 17.1 Å². The summed E-state index contributed by atoms with van der Waals surface area (Å²) in [5.74, 6) is 0.113. The summed E-state index contributed by atoms with van der Waals surface area (Å²) in [7, 11) is 0. The zero-order chi connectivity index (χ0) is 9.68. The zero-order valence-corrected chi connectivity index (χ0v) is 8.05. The SMILES string of the molecule is C=CCCC(=O)c1cccc(Cl)c1. The first-order valence-corrected chi connectivity index (χ1v) is 4.51.